The summed E-state index contributed by atoms with van der Waals surface area (Å²) in [6.45, 7) is 8.25. The molecule has 0 aromatic heterocycles. The summed E-state index contributed by atoms with van der Waals surface area (Å²) in [5.74, 6) is -1.05. The lowest BCUT2D eigenvalue weighted by Crippen LogP contribution is -2.40. The second kappa shape index (κ2) is 9.30. The summed E-state index contributed by atoms with van der Waals surface area (Å²) < 4.78 is 37.8. The molecule has 0 amide bonds. The number of Topliss-reactive ketones (excluding diaryl/α,β-unsaturated/α-hetero) is 1. The standard InChI is InChI=1S/C23H27NO6S/c1-15-5-7-19(13-17(15)3)22(25)18(4)30-23(26)21-14-20(8-6-16(21)2)31(27,28)24-9-11-29-12-10-24/h5-8,13-14,18H,9-12H2,1-4H3. The summed E-state index contributed by atoms with van der Waals surface area (Å²) >= 11 is 0. The first kappa shape index (κ1) is 23.1. The Morgan fingerprint density at radius 2 is 1.61 bits per heavy atom. The zero-order valence-corrected chi connectivity index (χ0v) is 19.0. The highest BCUT2D eigenvalue weighted by Crippen LogP contribution is 2.22. The maximum Gasteiger partial charge on any atom is 0.339 e. The van der Waals surface area contributed by atoms with Crippen LogP contribution in [0.1, 0.15) is 44.3 Å². The Morgan fingerprint density at radius 1 is 0.968 bits per heavy atom. The summed E-state index contributed by atoms with van der Waals surface area (Å²) in [5.41, 5.74) is 3.19. The number of sulfonamides is 1. The molecule has 0 aliphatic carbocycles. The number of carbonyl (C=O) groups is 2. The van der Waals surface area contributed by atoms with Crippen LogP contribution in [0.15, 0.2) is 41.3 Å². The summed E-state index contributed by atoms with van der Waals surface area (Å²) in [6.07, 6.45) is -1.01. The number of nitrogens with zero attached hydrogens (tertiary/aromatic N) is 1. The van der Waals surface area contributed by atoms with Crippen LogP contribution in [-0.4, -0.2) is 56.9 Å². The lowest BCUT2D eigenvalue weighted by atomic mass is 10.0. The quantitative estimate of drug-likeness (QED) is 0.501. The van der Waals surface area contributed by atoms with Gasteiger partial charge in [0.1, 0.15) is 0 Å². The summed E-state index contributed by atoms with van der Waals surface area (Å²) in [5, 5.41) is 0. The van der Waals surface area contributed by atoms with Crippen molar-refractivity contribution < 1.29 is 27.5 Å². The third kappa shape index (κ3) is 5.03. The molecule has 0 bridgehead atoms. The fourth-order valence-electron chi connectivity index (χ4n) is 3.32. The van der Waals surface area contributed by atoms with E-state index < -0.39 is 22.1 Å². The second-order valence-electron chi connectivity index (χ2n) is 7.70. The van der Waals surface area contributed by atoms with Gasteiger partial charge in [0.05, 0.1) is 23.7 Å². The molecule has 0 radical (unpaired) electrons. The van der Waals surface area contributed by atoms with Crippen molar-refractivity contribution in [1.29, 1.82) is 0 Å². The predicted molar refractivity (Wildman–Crippen MR) is 116 cm³/mol. The molecule has 8 heteroatoms. The SMILES string of the molecule is Cc1ccc(C(=O)C(C)OC(=O)c2cc(S(=O)(=O)N3CCOCC3)ccc2C)cc1C. The van der Waals surface area contributed by atoms with Crippen molar-refractivity contribution in [3.8, 4) is 0 Å². The van der Waals surface area contributed by atoms with Gasteiger partial charge in [-0.2, -0.15) is 4.31 Å². The van der Waals surface area contributed by atoms with Crippen molar-refractivity contribution in [2.75, 3.05) is 26.3 Å². The van der Waals surface area contributed by atoms with Gasteiger partial charge in [0, 0.05) is 18.7 Å². The van der Waals surface area contributed by atoms with Crippen LogP contribution in [0, 0.1) is 20.8 Å². The van der Waals surface area contributed by atoms with Crippen molar-refractivity contribution >= 4 is 21.8 Å². The number of hydrogen-bond acceptors (Lipinski definition) is 6. The summed E-state index contributed by atoms with van der Waals surface area (Å²) in [6, 6.07) is 9.68. The summed E-state index contributed by atoms with van der Waals surface area (Å²) in [4.78, 5) is 25.5. The molecular formula is C23H27NO6S. The van der Waals surface area contributed by atoms with Gasteiger partial charge in [-0.15, -0.1) is 0 Å². The smallest absolute Gasteiger partial charge is 0.339 e. The first-order chi connectivity index (χ1) is 14.6. The van der Waals surface area contributed by atoms with Gasteiger partial charge < -0.3 is 9.47 Å². The van der Waals surface area contributed by atoms with Crippen LogP contribution in [-0.2, 0) is 19.5 Å². The highest BCUT2D eigenvalue weighted by atomic mass is 32.2. The van der Waals surface area contributed by atoms with E-state index in [1.54, 1.807) is 25.1 Å². The number of esters is 1. The minimum atomic E-state index is -3.75. The Hall–Kier alpha value is -2.55. The van der Waals surface area contributed by atoms with Gasteiger partial charge in [-0.25, -0.2) is 13.2 Å². The Kier molecular flexibility index (Phi) is 6.93. The number of rotatable bonds is 6. The molecule has 3 rings (SSSR count). The third-order valence-electron chi connectivity index (χ3n) is 5.48. The first-order valence-corrected chi connectivity index (χ1v) is 11.6. The molecule has 1 heterocycles. The van der Waals surface area contributed by atoms with E-state index in [1.807, 2.05) is 19.9 Å². The van der Waals surface area contributed by atoms with Crippen LogP contribution < -0.4 is 0 Å². The first-order valence-electron chi connectivity index (χ1n) is 10.1. The molecule has 0 N–H and O–H groups in total. The van der Waals surface area contributed by atoms with Gasteiger partial charge >= 0.3 is 5.97 Å². The largest absolute Gasteiger partial charge is 0.451 e. The molecule has 1 unspecified atom stereocenters. The molecule has 1 aliphatic heterocycles. The zero-order chi connectivity index (χ0) is 22.8. The van der Waals surface area contributed by atoms with E-state index in [-0.39, 0.29) is 29.3 Å². The predicted octanol–water partition coefficient (Wildman–Crippen LogP) is 3.06. The van der Waals surface area contributed by atoms with Crippen LogP contribution >= 0.6 is 0 Å². The van der Waals surface area contributed by atoms with Crippen LogP contribution in [0.5, 0.6) is 0 Å². The van der Waals surface area contributed by atoms with Crippen LogP contribution in [0.25, 0.3) is 0 Å². The monoisotopic (exact) mass is 445 g/mol. The Bertz CT molecular complexity index is 1100. The summed E-state index contributed by atoms with van der Waals surface area (Å²) in [7, 11) is -3.75. The topological polar surface area (TPSA) is 90.0 Å². The van der Waals surface area contributed by atoms with E-state index in [0.29, 0.717) is 24.3 Å². The third-order valence-corrected chi connectivity index (χ3v) is 7.38. The van der Waals surface area contributed by atoms with Crippen LogP contribution in [0.4, 0.5) is 0 Å². The molecule has 1 aliphatic rings. The van der Waals surface area contributed by atoms with E-state index in [1.165, 1.54) is 23.4 Å². The number of ketones is 1. The Labute approximate surface area is 183 Å². The van der Waals surface area contributed by atoms with Gasteiger partial charge in [0.15, 0.2) is 6.10 Å². The number of ether oxygens (including phenoxy) is 2. The lowest BCUT2D eigenvalue weighted by molar-refractivity contribution is 0.0317. The van der Waals surface area contributed by atoms with Crippen LogP contribution in [0.3, 0.4) is 0 Å². The molecule has 31 heavy (non-hydrogen) atoms. The fraction of sp³-hybridized carbons (Fsp3) is 0.391. The Morgan fingerprint density at radius 3 is 2.26 bits per heavy atom. The average molecular weight is 446 g/mol. The molecular weight excluding hydrogens is 418 g/mol. The Balaban J connectivity index is 1.80. The van der Waals surface area contributed by atoms with Crippen molar-refractivity contribution in [1.82, 2.24) is 4.31 Å². The van der Waals surface area contributed by atoms with Gasteiger partial charge in [0.2, 0.25) is 15.8 Å². The van der Waals surface area contributed by atoms with Gasteiger partial charge in [-0.1, -0.05) is 18.2 Å². The number of benzene rings is 2. The molecule has 0 spiro atoms. The van der Waals surface area contributed by atoms with E-state index in [2.05, 4.69) is 0 Å². The van der Waals surface area contributed by atoms with Crippen molar-refractivity contribution in [3.63, 3.8) is 0 Å². The van der Waals surface area contributed by atoms with E-state index in [9.17, 15) is 18.0 Å². The second-order valence-corrected chi connectivity index (χ2v) is 9.64. The minimum absolute atomic E-state index is 0.0140. The molecule has 1 atom stereocenters. The van der Waals surface area contributed by atoms with E-state index in [0.717, 1.165) is 11.1 Å². The number of morpholine rings is 1. The molecule has 2 aromatic carbocycles. The molecule has 1 saturated heterocycles. The number of carbonyl (C=O) groups excluding carboxylic acids is 2. The molecule has 0 saturated carbocycles. The van der Waals surface area contributed by atoms with Gasteiger partial charge in [-0.05, 0) is 62.6 Å². The highest BCUT2D eigenvalue weighted by Gasteiger charge is 2.28. The fourth-order valence-corrected chi connectivity index (χ4v) is 4.76. The maximum atomic E-state index is 12.9. The van der Waals surface area contributed by atoms with Crippen molar-refractivity contribution in [2.45, 2.75) is 38.7 Å². The molecule has 1 fully saturated rings. The lowest BCUT2D eigenvalue weighted by Gasteiger charge is -2.26. The number of aryl methyl sites for hydroxylation is 3. The molecule has 2 aromatic rings. The normalized spacial score (nSPS) is 16.0. The minimum Gasteiger partial charge on any atom is -0.451 e. The maximum absolute atomic E-state index is 12.9. The van der Waals surface area contributed by atoms with Crippen LogP contribution in [0.2, 0.25) is 0 Å². The van der Waals surface area contributed by atoms with Crippen molar-refractivity contribution in [2.24, 2.45) is 0 Å². The van der Waals surface area contributed by atoms with Crippen molar-refractivity contribution in [3.05, 3.63) is 64.2 Å². The van der Waals surface area contributed by atoms with Gasteiger partial charge in [0.25, 0.3) is 0 Å². The van der Waals surface area contributed by atoms with Gasteiger partial charge in [-0.3, -0.25) is 4.79 Å². The molecule has 7 nitrogen and oxygen atoms in total. The zero-order valence-electron chi connectivity index (χ0n) is 18.2. The van der Waals surface area contributed by atoms with E-state index >= 15 is 0 Å². The van der Waals surface area contributed by atoms with E-state index in [4.69, 9.17) is 9.47 Å². The highest BCUT2D eigenvalue weighted by molar-refractivity contribution is 7.89. The number of hydrogen-bond donors (Lipinski definition) is 0. The average Bonchev–Trinajstić information content (AvgIpc) is 2.75. The molecule has 166 valence electrons.